The molecule has 2 aromatic rings. The standard InChI is InChI=1S/C14H13FO2/c1-17-12-4-2-3-11(8-12)13-7-10(9-16)5-6-14(13)15/h2-8,16H,9H2,1H3. The fraction of sp³-hybridized carbons (Fsp3) is 0.143. The molecule has 0 spiro atoms. The maximum atomic E-state index is 13.7. The van der Waals surface area contributed by atoms with Gasteiger partial charge in [-0.3, -0.25) is 0 Å². The lowest BCUT2D eigenvalue weighted by Crippen LogP contribution is -1.90. The van der Waals surface area contributed by atoms with E-state index in [4.69, 9.17) is 9.84 Å². The van der Waals surface area contributed by atoms with E-state index < -0.39 is 0 Å². The first-order valence-electron chi connectivity index (χ1n) is 5.28. The summed E-state index contributed by atoms with van der Waals surface area (Å²) < 4.78 is 18.8. The quantitative estimate of drug-likeness (QED) is 0.881. The van der Waals surface area contributed by atoms with E-state index in [2.05, 4.69) is 0 Å². The van der Waals surface area contributed by atoms with Crippen LogP contribution in [-0.4, -0.2) is 12.2 Å². The molecule has 17 heavy (non-hydrogen) atoms. The molecule has 3 heteroatoms. The molecule has 0 unspecified atom stereocenters. The summed E-state index contributed by atoms with van der Waals surface area (Å²) >= 11 is 0. The Morgan fingerprint density at radius 2 is 2.00 bits per heavy atom. The topological polar surface area (TPSA) is 29.5 Å². The Balaban J connectivity index is 2.50. The minimum absolute atomic E-state index is 0.1000. The van der Waals surface area contributed by atoms with E-state index in [0.717, 1.165) is 5.56 Å². The van der Waals surface area contributed by atoms with Gasteiger partial charge in [0.05, 0.1) is 13.7 Å². The molecule has 0 radical (unpaired) electrons. The van der Waals surface area contributed by atoms with E-state index in [1.165, 1.54) is 6.07 Å². The highest BCUT2D eigenvalue weighted by atomic mass is 19.1. The van der Waals surface area contributed by atoms with Crippen molar-refractivity contribution >= 4 is 0 Å². The van der Waals surface area contributed by atoms with Gasteiger partial charge in [-0.25, -0.2) is 4.39 Å². The Bertz CT molecular complexity index is 523. The third-order valence-corrected chi connectivity index (χ3v) is 2.59. The summed E-state index contributed by atoms with van der Waals surface area (Å²) in [5, 5.41) is 9.05. The third-order valence-electron chi connectivity index (χ3n) is 2.59. The molecule has 2 rings (SSSR count). The lowest BCUT2D eigenvalue weighted by atomic mass is 10.0. The average molecular weight is 232 g/mol. The lowest BCUT2D eigenvalue weighted by Gasteiger charge is -2.07. The fourth-order valence-corrected chi connectivity index (χ4v) is 1.68. The highest BCUT2D eigenvalue weighted by Gasteiger charge is 2.07. The molecule has 0 aliphatic rings. The Hall–Kier alpha value is -1.87. The van der Waals surface area contributed by atoms with Crippen molar-refractivity contribution in [3.8, 4) is 16.9 Å². The molecule has 0 atom stereocenters. The van der Waals surface area contributed by atoms with Crippen LogP contribution in [0.15, 0.2) is 42.5 Å². The van der Waals surface area contributed by atoms with E-state index in [-0.39, 0.29) is 12.4 Å². The molecule has 2 nitrogen and oxygen atoms in total. The maximum Gasteiger partial charge on any atom is 0.131 e. The van der Waals surface area contributed by atoms with Crippen molar-refractivity contribution in [1.82, 2.24) is 0 Å². The van der Waals surface area contributed by atoms with Crippen LogP contribution in [0.4, 0.5) is 4.39 Å². The summed E-state index contributed by atoms with van der Waals surface area (Å²) in [5.74, 6) is 0.367. The second kappa shape index (κ2) is 4.97. The smallest absolute Gasteiger partial charge is 0.131 e. The van der Waals surface area contributed by atoms with Crippen molar-refractivity contribution in [2.75, 3.05) is 7.11 Å². The van der Waals surface area contributed by atoms with Crippen LogP contribution in [0.3, 0.4) is 0 Å². The predicted molar refractivity (Wildman–Crippen MR) is 64.3 cm³/mol. The molecule has 0 heterocycles. The van der Waals surface area contributed by atoms with Crippen LogP contribution in [0, 0.1) is 5.82 Å². The molecule has 0 saturated carbocycles. The molecule has 88 valence electrons. The van der Waals surface area contributed by atoms with Crippen LogP contribution < -0.4 is 4.74 Å². The zero-order valence-corrected chi connectivity index (χ0v) is 9.48. The van der Waals surface area contributed by atoms with Gasteiger partial charge in [0.15, 0.2) is 0 Å². The molecular formula is C14H13FO2. The van der Waals surface area contributed by atoms with Gasteiger partial charge in [-0.15, -0.1) is 0 Å². The number of benzene rings is 2. The van der Waals surface area contributed by atoms with Gasteiger partial charge < -0.3 is 9.84 Å². The predicted octanol–water partition coefficient (Wildman–Crippen LogP) is 2.99. The summed E-state index contributed by atoms with van der Waals surface area (Å²) in [6, 6.07) is 11.8. The van der Waals surface area contributed by atoms with E-state index in [0.29, 0.717) is 16.9 Å². The van der Waals surface area contributed by atoms with Crippen molar-refractivity contribution in [1.29, 1.82) is 0 Å². The van der Waals surface area contributed by atoms with E-state index in [1.54, 1.807) is 37.4 Å². The molecule has 2 aromatic carbocycles. The number of hydrogen-bond donors (Lipinski definition) is 1. The largest absolute Gasteiger partial charge is 0.497 e. The molecule has 0 aromatic heterocycles. The molecule has 0 aliphatic heterocycles. The second-order valence-electron chi connectivity index (χ2n) is 3.70. The third kappa shape index (κ3) is 2.45. The van der Waals surface area contributed by atoms with Crippen LogP contribution in [-0.2, 0) is 6.61 Å². The molecule has 0 amide bonds. The van der Waals surface area contributed by atoms with Crippen LogP contribution in [0.1, 0.15) is 5.56 Å². The molecule has 0 fully saturated rings. The highest BCUT2D eigenvalue weighted by molar-refractivity contribution is 5.66. The Labute approximate surface area is 99.3 Å². The first-order chi connectivity index (χ1) is 8.24. The van der Waals surface area contributed by atoms with Crippen molar-refractivity contribution < 1.29 is 14.2 Å². The van der Waals surface area contributed by atoms with Gasteiger partial charge >= 0.3 is 0 Å². The summed E-state index contributed by atoms with van der Waals surface area (Å²) in [5.41, 5.74) is 1.89. The first-order valence-corrected chi connectivity index (χ1v) is 5.28. The van der Waals surface area contributed by atoms with Gasteiger partial charge in [0.25, 0.3) is 0 Å². The van der Waals surface area contributed by atoms with Gasteiger partial charge in [-0.1, -0.05) is 18.2 Å². The molecule has 0 bridgehead atoms. The van der Waals surface area contributed by atoms with Crippen LogP contribution in [0.2, 0.25) is 0 Å². The van der Waals surface area contributed by atoms with E-state index in [9.17, 15) is 4.39 Å². The number of halogens is 1. The lowest BCUT2D eigenvalue weighted by molar-refractivity contribution is 0.282. The summed E-state index contributed by atoms with van der Waals surface area (Å²) in [6.07, 6.45) is 0. The number of ether oxygens (including phenoxy) is 1. The normalized spacial score (nSPS) is 10.3. The second-order valence-corrected chi connectivity index (χ2v) is 3.70. The minimum Gasteiger partial charge on any atom is -0.497 e. The SMILES string of the molecule is COc1cccc(-c2cc(CO)ccc2F)c1. The minimum atomic E-state index is -0.310. The van der Waals surface area contributed by atoms with Crippen molar-refractivity contribution in [2.45, 2.75) is 6.61 Å². The zero-order chi connectivity index (χ0) is 12.3. The maximum absolute atomic E-state index is 13.7. The van der Waals surface area contributed by atoms with E-state index in [1.807, 2.05) is 6.07 Å². The summed E-state index contributed by atoms with van der Waals surface area (Å²) in [4.78, 5) is 0. The Morgan fingerprint density at radius 1 is 1.18 bits per heavy atom. The first kappa shape index (κ1) is 11.6. The average Bonchev–Trinajstić information content (AvgIpc) is 2.39. The molecule has 0 saturated heterocycles. The van der Waals surface area contributed by atoms with Crippen LogP contribution in [0.25, 0.3) is 11.1 Å². The molecular weight excluding hydrogens is 219 g/mol. The fourth-order valence-electron chi connectivity index (χ4n) is 1.68. The van der Waals surface area contributed by atoms with Crippen molar-refractivity contribution in [3.05, 3.63) is 53.8 Å². The van der Waals surface area contributed by atoms with Gasteiger partial charge in [-0.2, -0.15) is 0 Å². The van der Waals surface area contributed by atoms with Crippen LogP contribution >= 0.6 is 0 Å². The van der Waals surface area contributed by atoms with Crippen LogP contribution in [0.5, 0.6) is 5.75 Å². The van der Waals surface area contributed by atoms with Crippen molar-refractivity contribution in [2.24, 2.45) is 0 Å². The monoisotopic (exact) mass is 232 g/mol. The number of aliphatic hydroxyl groups excluding tert-OH is 1. The summed E-state index contributed by atoms with van der Waals surface area (Å²) in [7, 11) is 1.57. The van der Waals surface area contributed by atoms with Gasteiger partial charge in [0, 0.05) is 5.56 Å². The Kier molecular flexibility index (Phi) is 3.40. The Morgan fingerprint density at radius 3 is 2.71 bits per heavy atom. The van der Waals surface area contributed by atoms with E-state index >= 15 is 0 Å². The summed E-state index contributed by atoms with van der Waals surface area (Å²) in [6.45, 7) is -0.1000. The highest BCUT2D eigenvalue weighted by Crippen LogP contribution is 2.27. The number of hydrogen-bond acceptors (Lipinski definition) is 2. The van der Waals surface area contributed by atoms with Gasteiger partial charge in [-0.05, 0) is 35.4 Å². The number of methoxy groups -OCH3 is 1. The molecule has 0 aliphatic carbocycles. The van der Waals surface area contributed by atoms with Crippen molar-refractivity contribution in [3.63, 3.8) is 0 Å². The number of aliphatic hydroxyl groups is 1. The van der Waals surface area contributed by atoms with Gasteiger partial charge in [0.2, 0.25) is 0 Å². The number of rotatable bonds is 3. The molecule has 1 N–H and O–H groups in total. The zero-order valence-electron chi connectivity index (χ0n) is 9.48. The van der Waals surface area contributed by atoms with Gasteiger partial charge in [0.1, 0.15) is 11.6 Å².